The van der Waals surface area contributed by atoms with Crippen LogP contribution in [0.4, 0.5) is 10.5 Å². The highest BCUT2D eigenvalue weighted by atomic mass is 16.2. The van der Waals surface area contributed by atoms with Crippen LogP contribution in [-0.4, -0.2) is 21.4 Å². The minimum absolute atomic E-state index is 0.00654. The molecule has 3 rings (SSSR count). The van der Waals surface area contributed by atoms with Gasteiger partial charge in [0.2, 0.25) is 0 Å². The molecule has 0 bridgehead atoms. The molecule has 116 valence electrons. The van der Waals surface area contributed by atoms with Gasteiger partial charge in [0.15, 0.2) is 0 Å². The molecule has 0 spiro atoms. The molecule has 1 aliphatic rings. The van der Waals surface area contributed by atoms with Crippen molar-refractivity contribution >= 4 is 11.7 Å². The number of amides is 2. The number of benzene rings is 1. The van der Waals surface area contributed by atoms with Crippen LogP contribution in [0.2, 0.25) is 0 Å². The highest BCUT2D eigenvalue weighted by molar-refractivity contribution is 5.90. The Labute approximate surface area is 130 Å². The monoisotopic (exact) mass is 298 g/mol. The van der Waals surface area contributed by atoms with Gasteiger partial charge in [-0.3, -0.25) is 0 Å². The fourth-order valence-electron chi connectivity index (χ4n) is 2.86. The Bertz CT molecular complexity index is 653. The van der Waals surface area contributed by atoms with Gasteiger partial charge in [-0.2, -0.15) is 5.10 Å². The fraction of sp³-hybridized carbons (Fsp3) is 0.412. The molecule has 1 aromatic heterocycles. The zero-order chi connectivity index (χ0) is 15.6. The lowest BCUT2D eigenvalue weighted by Gasteiger charge is -2.41. The summed E-state index contributed by atoms with van der Waals surface area (Å²) in [4.78, 5) is 12.2. The van der Waals surface area contributed by atoms with Crippen molar-refractivity contribution < 1.29 is 4.79 Å². The fourth-order valence-corrected chi connectivity index (χ4v) is 2.86. The summed E-state index contributed by atoms with van der Waals surface area (Å²) in [5.41, 5.74) is 2.51. The molecule has 22 heavy (non-hydrogen) atoms. The number of aromatic nitrogens is 2. The second kappa shape index (κ2) is 5.83. The number of carbonyl (C=O) groups is 1. The predicted molar refractivity (Wildman–Crippen MR) is 87.3 cm³/mol. The van der Waals surface area contributed by atoms with Gasteiger partial charge in [-0.25, -0.2) is 9.48 Å². The van der Waals surface area contributed by atoms with E-state index in [1.165, 1.54) is 6.42 Å². The maximum absolute atomic E-state index is 12.2. The average Bonchev–Trinajstić information content (AvgIpc) is 2.85. The van der Waals surface area contributed by atoms with Crippen LogP contribution in [0.5, 0.6) is 0 Å². The van der Waals surface area contributed by atoms with Crippen molar-refractivity contribution in [3.05, 3.63) is 42.2 Å². The van der Waals surface area contributed by atoms with Crippen LogP contribution in [0.15, 0.2) is 36.5 Å². The molecule has 5 nitrogen and oxygen atoms in total. The van der Waals surface area contributed by atoms with E-state index in [0.717, 1.165) is 36.3 Å². The Morgan fingerprint density at radius 2 is 2.05 bits per heavy atom. The molecule has 2 aromatic rings. The van der Waals surface area contributed by atoms with Crippen LogP contribution in [0.3, 0.4) is 0 Å². The van der Waals surface area contributed by atoms with E-state index in [0.29, 0.717) is 0 Å². The van der Waals surface area contributed by atoms with E-state index in [1.54, 1.807) is 4.68 Å². The lowest BCUT2D eigenvalue weighted by Crippen LogP contribution is -2.54. The molecule has 0 aliphatic heterocycles. The largest absolute Gasteiger partial charge is 0.332 e. The number of hydrogen-bond donors (Lipinski definition) is 2. The van der Waals surface area contributed by atoms with Gasteiger partial charge < -0.3 is 10.6 Å². The summed E-state index contributed by atoms with van der Waals surface area (Å²) >= 11 is 0. The van der Waals surface area contributed by atoms with Gasteiger partial charge in [0.05, 0.1) is 23.3 Å². The zero-order valence-electron chi connectivity index (χ0n) is 13.1. The van der Waals surface area contributed by atoms with Gasteiger partial charge in [0.25, 0.3) is 0 Å². The van der Waals surface area contributed by atoms with Gasteiger partial charge in [0, 0.05) is 5.54 Å². The maximum atomic E-state index is 12.2. The first kappa shape index (κ1) is 14.6. The molecule has 2 amide bonds. The van der Waals surface area contributed by atoms with E-state index >= 15 is 0 Å². The number of hydrogen-bond acceptors (Lipinski definition) is 2. The van der Waals surface area contributed by atoms with Crippen LogP contribution in [-0.2, 0) is 0 Å². The van der Waals surface area contributed by atoms with Crippen molar-refractivity contribution in [3.8, 4) is 5.69 Å². The molecule has 1 aliphatic carbocycles. The van der Waals surface area contributed by atoms with Crippen molar-refractivity contribution in [1.82, 2.24) is 15.1 Å². The Hall–Kier alpha value is -2.30. The number of urea groups is 1. The molecule has 2 N–H and O–H groups in total. The third kappa shape index (κ3) is 2.84. The molecular weight excluding hydrogens is 276 g/mol. The summed E-state index contributed by atoms with van der Waals surface area (Å²) in [6.07, 6.45) is 6.16. The van der Waals surface area contributed by atoms with Gasteiger partial charge in [-0.1, -0.05) is 25.1 Å². The molecule has 1 saturated carbocycles. The number of carbonyl (C=O) groups excluding carboxylic acids is 1. The van der Waals surface area contributed by atoms with Gasteiger partial charge in [-0.05, 0) is 44.7 Å². The topological polar surface area (TPSA) is 59.0 Å². The first-order chi connectivity index (χ1) is 10.6. The minimum Gasteiger partial charge on any atom is -0.332 e. The van der Waals surface area contributed by atoms with Crippen molar-refractivity contribution in [2.45, 2.75) is 45.1 Å². The van der Waals surface area contributed by atoms with Gasteiger partial charge in [0.1, 0.15) is 0 Å². The molecule has 1 fully saturated rings. The normalized spacial score (nSPS) is 15.9. The number of rotatable bonds is 4. The number of nitrogens with one attached hydrogen (secondary N) is 2. The first-order valence-corrected chi connectivity index (χ1v) is 7.83. The van der Waals surface area contributed by atoms with Gasteiger partial charge >= 0.3 is 6.03 Å². The summed E-state index contributed by atoms with van der Waals surface area (Å²) in [6.45, 7) is 4.02. The van der Waals surface area contributed by atoms with E-state index in [2.05, 4.69) is 22.7 Å². The van der Waals surface area contributed by atoms with Crippen LogP contribution in [0.25, 0.3) is 5.69 Å². The second-order valence-corrected chi connectivity index (χ2v) is 5.97. The van der Waals surface area contributed by atoms with E-state index in [9.17, 15) is 4.79 Å². The Balaban J connectivity index is 1.70. The van der Waals surface area contributed by atoms with Crippen LogP contribution < -0.4 is 10.6 Å². The Morgan fingerprint density at radius 3 is 2.64 bits per heavy atom. The Morgan fingerprint density at radius 1 is 1.32 bits per heavy atom. The average molecular weight is 298 g/mol. The molecule has 0 radical (unpaired) electrons. The highest BCUT2D eigenvalue weighted by Gasteiger charge is 2.36. The number of aryl methyl sites for hydroxylation is 1. The Kier molecular flexibility index (Phi) is 3.88. The first-order valence-electron chi connectivity index (χ1n) is 7.83. The van der Waals surface area contributed by atoms with Gasteiger partial charge in [-0.15, -0.1) is 0 Å². The maximum Gasteiger partial charge on any atom is 0.319 e. The summed E-state index contributed by atoms with van der Waals surface area (Å²) in [6, 6.07) is 9.72. The van der Waals surface area contributed by atoms with Crippen LogP contribution in [0, 0.1) is 6.92 Å². The van der Waals surface area contributed by atoms with Crippen molar-refractivity contribution in [3.63, 3.8) is 0 Å². The summed E-state index contributed by atoms with van der Waals surface area (Å²) in [7, 11) is 0. The lowest BCUT2D eigenvalue weighted by atomic mass is 9.75. The third-order valence-corrected chi connectivity index (χ3v) is 4.53. The number of para-hydroxylation sites is 1. The molecule has 1 heterocycles. The van der Waals surface area contributed by atoms with Crippen LogP contribution >= 0.6 is 0 Å². The van der Waals surface area contributed by atoms with E-state index in [-0.39, 0.29) is 11.6 Å². The highest BCUT2D eigenvalue weighted by Crippen LogP contribution is 2.34. The molecule has 5 heteroatoms. The minimum atomic E-state index is -0.141. The van der Waals surface area contributed by atoms with Crippen molar-refractivity contribution in [2.24, 2.45) is 0 Å². The standard InChI is InChI=1S/C17H22N4O/c1-3-17(10-7-11-17)19-16(22)18-15-12-21(20-13(15)2)14-8-5-4-6-9-14/h4-6,8-9,12H,3,7,10-11H2,1-2H3,(H2,18,19,22). The van der Waals surface area contributed by atoms with Crippen molar-refractivity contribution in [2.75, 3.05) is 5.32 Å². The summed E-state index contributed by atoms with van der Waals surface area (Å²) in [5, 5.41) is 10.5. The third-order valence-electron chi connectivity index (χ3n) is 4.53. The van der Waals surface area contributed by atoms with E-state index in [1.807, 2.05) is 43.5 Å². The molecule has 0 unspecified atom stereocenters. The van der Waals surface area contributed by atoms with E-state index < -0.39 is 0 Å². The summed E-state index contributed by atoms with van der Waals surface area (Å²) in [5.74, 6) is 0. The summed E-state index contributed by atoms with van der Waals surface area (Å²) < 4.78 is 1.78. The smallest absolute Gasteiger partial charge is 0.319 e. The SMILES string of the molecule is CCC1(NC(=O)Nc2cn(-c3ccccc3)nc2C)CCC1. The quantitative estimate of drug-likeness (QED) is 0.905. The predicted octanol–water partition coefficient (Wildman–Crippen LogP) is 3.63. The molecule has 0 saturated heterocycles. The molecule has 0 atom stereocenters. The number of nitrogens with zero attached hydrogens (tertiary/aromatic N) is 2. The van der Waals surface area contributed by atoms with E-state index in [4.69, 9.17) is 0 Å². The van der Waals surface area contributed by atoms with Crippen molar-refractivity contribution in [1.29, 1.82) is 0 Å². The molecule has 1 aromatic carbocycles. The molecular formula is C17H22N4O. The van der Waals surface area contributed by atoms with Crippen LogP contribution in [0.1, 0.15) is 38.3 Å². The number of anilines is 1. The second-order valence-electron chi connectivity index (χ2n) is 5.97. The lowest BCUT2D eigenvalue weighted by molar-refractivity contribution is 0.179. The zero-order valence-corrected chi connectivity index (χ0v) is 13.1.